The number of benzene rings is 2. The van der Waals surface area contributed by atoms with E-state index in [1.807, 2.05) is 0 Å². The van der Waals surface area contributed by atoms with E-state index in [0.717, 1.165) is 17.0 Å². The molecule has 2 aromatic rings. The van der Waals surface area contributed by atoms with E-state index in [2.05, 4.69) is 0 Å². The number of likely N-dealkylation sites (tertiary alicyclic amines) is 1. The Balaban J connectivity index is 1.95. The summed E-state index contributed by atoms with van der Waals surface area (Å²) >= 11 is 0. The van der Waals surface area contributed by atoms with Crippen LogP contribution in [0.2, 0.25) is 0 Å². The maximum Gasteiger partial charge on any atom is 0.321 e. The van der Waals surface area contributed by atoms with Crippen molar-refractivity contribution in [3.63, 3.8) is 0 Å². The third-order valence-electron chi connectivity index (χ3n) is 4.75. The molecule has 1 aliphatic heterocycles. The third kappa shape index (κ3) is 3.77. The van der Waals surface area contributed by atoms with Crippen molar-refractivity contribution >= 4 is 6.03 Å². The lowest BCUT2D eigenvalue weighted by atomic mass is 9.96. The summed E-state index contributed by atoms with van der Waals surface area (Å²) in [7, 11) is 3.06. The number of nitrogens with zero attached hydrogens (tertiary/aromatic N) is 2. The van der Waals surface area contributed by atoms with Crippen LogP contribution in [-0.2, 0) is 6.42 Å². The molecular weight excluding hydrogens is 360 g/mol. The minimum absolute atomic E-state index is 0.0158. The van der Waals surface area contributed by atoms with Crippen LogP contribution in [-0.4, -0.2) is 42.3 Å². The molecule has 1 saturated heterocycles. The van der Waals surface area contributed by atoms with Crippen LogP contribution in [0.5, 0.6) is 0 Å². The number of hydrogen-bond acceptors (Lipinski definition) is 1. The van der Waals surface area contributed by atoms with Gasteiger partial charge in [0.15, 0.2) is 5.79 Å². The lowest BCUT2D eigenvalue weighted by molar-refractivity contribution is 0.0203. The monoisotopic (exact) mass is 380 g/mol. The van der Waals surface area contributed by atoms with Gasteiger partial charge in [0.1, 0.15) is 17.5 Å². The van der Waals surface area contributed by atoms with Crippen molar-refractivity contribution in [1.29, 1.82) is 0 Å². The summed E-state index contributed by atoms with van der Waals surface area (Å²) < 4.78 is 57.5. The molecule has 1 heterocycles. The zero-order valence-corrected chi connectivity index (χ0v) is 15.1. The molecule has 1 atom stereocenters. The van der Waals surface area contributed by atoms with Crippen molar-refractivity contribution in [2.75, 3.05) is 20.6 Å². The van der Waals surface area contributed by atoms with Crippen LogP contribution >= 0.6 is 0 Å². The molecule has 1 fully saturated rings. The first-order chi connectivity index (χ1) is 12.7. The van der Waals surface area contributed by atoms with Crippen molar-refractivity contribution in [3.05, 3.63) is 59.4 Å². The van der Waals surface area contributed by atoms with Gasteiger partial charge in [0.25, 0.3) is 0 Å². The van der Waals surface area contributed by atoms with E-state index in [9.17, 15) is 13.6 Å². The predicted octanol–water partition coefficient (Wildman–Crippen LogP) is 4.76. The fraction of sp³-hybridized carbons (Fsp3) is 0.350. The average molecular weight is 380 g/mol. The largest absolute Gasteiger partial charge is 0.331 e. The molecule has 0 spiro atoms. The van der Waals surface area contributed by atoms with E-state index in [1.165, 1.54) is 37.2 Å². The fourth-order valence-corrected chi connectivity index (χ4v) is 3.48. The highest BCUT2D eigenvalue weighted by Crippen LogP contribution is 2.37. The molecule has 1 aliphatic rings. The van der Waals surface area contributed by atoms with Gasteiger partial charge in [-0.3, -0.25) is 4.90 Å². The second-order valence-electron chi connectivity index (χ2n) is 6.96. The Kier molecular flexibility index (Phi) is 5.13. The average Bonchev–Trinajstić information content (AvgIpc) is 2.96. The number of halogens is 4. The first-order valence-corrected chi connectivity index (χ1v) is 8.63. The second kappa shape index (κ2) is 7.21. The molecular formula is C20H20F4N2O. The maximum absolute atomic E-state index is 15.5. The molecule has 3 nitrogen and oxygen atoms in total. The molecule has 0 N–H and O–H groups in total. The van der Waals surface area contributed by atoms with Gasteiger partial charge in [-0.25, -0.2) is 22.4 Å². The molecule has 0 aliphatic carbocycles. The summed E-state index contributed by atoms with van der Waals surface area (Å²) in [5.74, 6) is -4.40. The number of urea groups is 1. The summed E-state index contributed by atoms with van der Waals surface area (Å²) in [6.07, 6.45) is 0.251. The smallest absolute Gasteiger partial charge is 0.321 e. The molecule has 144 valence electrons. The van der Waals surface area contributed by atoms with Crippen molar-refractivity contribution in [2.45, 2.75) is 25.1 Å². The van der Waals surface area contributed by atoms with Crippen molar-refractivity contribution in [3.8, 4) is 11.1 Å². The van der Waals surface area contributed by atoms with Gasteiger partial charge in [0.05, 0.1) is 0 Å². The normalized spacial score (nSPS) is 19.4. The van der Waals surface area contributed by atoms with Gasteiger partial charge in [0.2, 0.25) is 0 Å². The molecule has 27 heavy (non-hydrogen) atoms. The molecule has 0 radical (unpaired) electrons. The highest BCUT2D eigenvalue weighted by atomic mass is 19.2. The first kappa shape index (κ1) is 19.2. The Labute approximate surface area is 155 Å². The van der Waals surface area contributed by atoms with E-state index >= 15 is 8.78 Å². The van der Waals surface area contributed by atoms with E-state index in [1.54, 1.807) is 0 Å². The SMILES string of the molecule is CN(C)C(=O)N1CCCC1(F)Cc1cccc(-c2cc(F)cc(F)c2)c1F. The Morgan fingerprint density at radius 1 is 1.15 bits per heavy atom. The van der Waals surface area contributed by atoms with Crippen molar-refractivity contribution in [2.24, 2.45) is 0 Å². The zero-order chi connectivity index (χ0) is 19.8. The minimum Gasteiger partial charge on any atom is -0.331 e. The van der Waals surface area contributed by atoms with Gasteiger partial charge >= 0.3 is 6.03 Å². The number of amides is 2. The standard InChI is InChI=1S/C20H20F4N2O/c1-25(2)19(27)26-8-4-7-20(26,24)12-13-5-3-6-17(18(13)23)14-9-15(21)11-16(22)10-14/h3,5-6,9-11H,4,7-8,12H2,1-2H3. The third-order valence-corrected chi connectivity index (χ3v) is 4.75. The number of rotatable bonds is 3. The summed E-state index contributed by atoms with van der Waals surface area (Å²) in [4.78, 5) is 14.6. The van der Waals surface area contributed by atoms with Gasteiger partial charge in [-0.2, -0.15) is 0 Å². The minimum atomic E-state index is -2.01. The van der Waals surface area contributed by atoms with Crippen LogP contribution in [0.25, 0.3) is 11.1 Å². The summed E-state index contributed by atoms with van der Waals surface area (Å²) in [6, 6.07) is 6.58. The van der Waals surface area contributed by atoms with Crippen LogP contribution in [0.3, 0.4) is 0 Å². The highest BCUT2D eigenvalue weighted by molar-refractivity contribution is 5.75. The Morgan fingerprint density at radius 3 is 2.44 bits per heavy atom. The number of alkyl halides is 1. The van der Waals surface area contributed by atoms with E-state index in [4.69, 9.17) is 0 Å². The van der Waals surface area contributed by atoms with E-state index in [0.29, 0.717) is 12.5 Å². The molecule has 2 amide bonds. The van der Waals surface area contributed by atoms with Crippen LogP contribution in [0.4, 0.5) is 22.4 Å². The van der Waals surface area contributed by atoms with E-state index in [-0.39, 0.29) is 36.1 Å². The van der Waals surface area contributed by atoms with Crippen LogP contribution in [0.15, 0.2) is 36.4 Å². The Morgan fingerprint density at radius 2 is 1.81 bits per heavy atom. The van der Waals surface area contributed by atoms with Gasteiger partial charge < -0.3 is 4.90 Å². The summed E-state index contributed by atoms with van der Waals surface area (Å²) in [5, 5.41) is 0. The fourth-order valence-electron chi connectivity index (χ4n) is 3.48. The molecule has 7 heteroatoms. The second-order valence-corrected chi connectivity index (χ2v) is 6.96. The lowest BCUT2D eigenvalue weighted by Crippen LogP contribution is -2.49. The van der Waals surface area contributed by atoms with Crippen LogP contribution < -0.4 is 0 Å². The number of carbonyl (C=O) groups excluding carboxylic acids is 1. The molecule has 0 bridgehead atoms. The maximum atomic E-state index is 15.5. The number of hydrogen-bond donors (Lipinski definition) is 0. The van der Waals surface area contributed by atoms with Gasteiger partial charge in [-0.05, 0) is 29.7 Å². The van der Waals surface area contributed by atoms with Crippen molar-refractivity contribution < 1.29 is 22.4 Å². The zero-order valence-electron chi connectivity index (χ0n) is 15.1. The Hall–Kier alpha value is -2.57. The van der Waals surface area contributed by atoms with E-state index < -0.39 is 29.3 Å². The topological polar surface area (TPSA) is 23.6 Å². The quantitative estimate of drug-likeness (QED) is 0.557. The molecule has 0 aromatic heterocycles. The Bertz CT molecular complexity index is 851. The van der Waals surface area contributed by atoms with Crippen LogP contribution in [0, 0.1) is 17.5 Å². The highest BCUT2D eigenvalue weighted by Gasteiger charge is 2.45. The first-order valence-electron chi connectivity index (χ1n) is 8.63. The molecule has 1 unspecified atom stereocenters. The predicted molar refractivity (Wildman–Crippen MR) is 94.3 cm³/mol. The van der Waals surface area contributed by atoms with Gasteiger partial charge in [-0.1, -0.05) is 18.2 Å². The number of carbonyl (C=O) groups is 1. The molecule has 0 saturated carbocycles. The molecule has 3 rings (SSSR count). The van der Waals surface area contributed by atoms with Crippen LogP contribution in [0.1, 0.15) is 18.4 Å². The lowest BCUT2D eigenvalue weighted by Gasteiger charge is -2.33. The van der Waals surface area contributed by atoms with Crippen molar-refractivity contribution in [1.82, 2.24) is 9.80 Å². The molecule has 2 aromatic carbocycles. The van der Waals surface area contributed by atoms with Gasteiger partial charge in [-0.15, -0.1) is 0 Å². The summed E-state index contributed by atoms with van der Waals surface area (Å²) in [5.41, 5.74) is 0.0727. The summed E-state index contributed by atoms with van der Waals surface area (Å²) in [6.45, 7) is 0.254. The van der Waals surface area contributed by atoms with Gasteiger partial charge in [0, 0.05) is 45.1 Å².